The maximum Gasteiger partial charge on any atom is 0.212 e. The van der Waals surface area contributed by atoms with Crippen molar-refractivity contribution >= 4 is 36.2 Å². The lowest BCUT2D eigenvalue weighted by molar-refractivity contribution is 0.711. The summed E-state index contributed by atoms with van der Waals surface area (Å²) >= 11 is 0. The standard InChI is InChI=1S/C23H26N4.ClH/c1-18-6-3-8-20(16-18)10-12-22(26-27-23-24-14-5-15-25-23)13-11-21-9-4-7-19(2)17-21;/h3-4,6-13,16-17H,5,14-15H2,1-2H3,(H2,24,25,27);1H/b12-10+,13-11+;. The van der Waals surface area contributed by atoms with E-state index < -0.39 is 0 Å². The van der Waals surface area contributed by atoms with Gasteiger partial charge in [-0.15, -0.1) is 12.4 Å². The van der Waals surface area contributed by atoms with E-state index in [4.69, 9.17) is 0 Å². The average molecular weight is 395 g/mol. The molecule has 0 bridgehead atoms. The van der Waals surface area contributed by atoms with Crippen LogP contribution >= 0.6 is 12.4 Å². The molecule has 0 saturated carbocycles. The van der Waals surface area contributed by atoms with E-state index in [1.807, 2.05) is 12.2 Å². The molecule has 146 valence electrons. The predicted molar refractivity (Wildman–Crippen MR) is 123 cm³/mol. The van der Waals surface area contributed by atoms with Crippen LogP contribution < -0.4 is 10.7 Å². The molecule has 4 nitrogen and oxygen atoms in total. The first-order valence-electron chi connectivity index (χ1n) is 9.30. The molecule has 0 spiro atoms. The van der Waals surface area contributed by atoms with Gasteiger partial charge in [0.15, 0.2) is 0 Å². The van der Waals surface area contributed by atoms with Crippen molar-refractivity contribution < 1.29 is 0 Å². The Bertz CT molecular complexity index is 839. The van der Waals surface area contributed by atoms with E-state index in [1.54, 1.807) is 0 Å². The number of nitrogens with zero attached hydrogens (tertiary/aromatic N) is 2. The van der Waals surface area contributed by atoms with E-state index in [0.717, 1.165) is 42.3 Å². The van der Waals surface area contributed by atoms with E-state index in [2.05, 4.69) is 95.4 Å². The number of rotatable bonds is 5. The topological polar surface area (TPSA) is 48.8 Å². The second-order valence-corrected chi connectivity index (χ2v) is 6.65. The van der Waals surface area contributed by atoms with Gasteiger partial charge in [0.2, 0.25) is 5.96 Å². The molecule has 0 saturated heterocycles. The Morgan fingerprint density at radius 3 is 2.11 bits per heavy atom. The van der Waals surface area contributed by atoms with E-state index in [1.165, 1.54) is 11.1 Å². The van der Waals surface area contributed by atoms with Crippen LogP contribution in [0.1, 0.15) is 28.7 Å². The molecule has 0 fully saturated rings. The van der Waals surface area contributed by atoms with Crippen molar-refractivity contribution in [1.29, 1.82) is 0 Å². The van der Waals surface area contributed by atoms with Gasteiger partial charge >= 0.3 is 0 Å². The number of benzene rings is 2. The lowest BCUT2D eigenvalue weighted by Gasteiger charge is -2.13. The zero-order chi connectivity index (χ0) is 18.9. The van der Waals surface area contributed by atoms with E-state index in [0.29, 0.717) is 0 Å². The zero-order valence-corrected chi connectivity index (χ0v) is 17.2. The second-order valence-electron chi connectivity index (χ2n) is 6.65. The molecule has 2 aromatic rings. The molecule has 0 aliphatic carbocycles. The van der Waals surface area contributed by atoms with Crippen molar-refractivity contribution in [1.82, 2.24) is 10.7 Å². The third-order valence-electron chi connectivity index (χ3n) is 4.17. The molecule has 28 heavy (non-hydrogen) atoms. The highest BCUT2D eigenvalue weighted by Crippen LogP contribution is 2.08. The Morgan fingerprint density at radius 2 is 1.61 bits per heavy atom. The molecule has 1 aliphatic heterocycles. The van der Waals surface area contributed by atoms with Gasteiger partial charge in [0, 0.05) is 13.1 Å². The molecule has 0 amide bonds. The second kappa shape index (κ2) is 11.1. The first-order chi connectivity index (χ1) is 13.2. The van der Waals surface area contributed by atoms with Crippen molar-refractivity contribution in [3.05, 3.63) is 82.9 Å². The smallest absolute Gasteiger partial charge is 0.212 e. The summed E-state index contributed by atoms with van der Waals surface area (Å²) in [4.78, 5) is 4.40. The van der Waals surface area contributed by atoms with Crippen molar-refractivity contribution in [2.24, 2.45) is 10.1 Å². The fourth-order valence-corrected chi connectivity index (χ4v) is 2.77. The molecular weight excluding hydrogens is 368 g/mol. The first-order valence-corrected chi connectivity index (χ1v) is 9.30. The van der Waals surface area contributed by atoms with Crippen LogP contribution in [0.2, 0.25) is 0 Å². The van der Waals surface area contributed by atoms with Gasteiger partial charge in [-0.2, -0.15) is 5.10 Å². The van der Waals surface area contributed by atoms with Crippen molar-refractivity contribution in [2.75, 3.05) is 13.1 Å². The highest BCUT2D eigenvalue weighted by molar-refractivity contribution is 6.09. The monoisotopic (exact) mass is 394 g/mol. The number of guanidine groups is 1. The number of halogens is 1. The molecule has 1 heterocycles. The Hall–Kier alpha value is -2.85. The number of hydrogen-bond donors (Lipinski definition) is 2. The molecular formula is C23H27ClN4. The Morgan fingerprint density at radius 1 is 1.00 bits per heavy atom. The Labute approximate surface area is 173 Å². The van der Waals surface area contributed by atoms with Crippen LogP contribution in [-0.4, -0.2) is 24.8 Å². The fourth-order valence-electron chi connectivity index (χ4n) is 2.77. The van der Waals surface area contributed by atoms with Crippen LogP contribution in [0.3, 0.4) is 0 Å². The highest BCUT2D eigenvalue weighted by atomic mass is 35.5. The number of hydrazone groups is 1. The highest BCUT2D eigenvalue weighted by Gasteiger charge is 2.02. The first kappa shape index (κ1) is 21.5. The van der Waals surface area contributed by atoms with Crippen LogP contribution in [0.5, 0.6) is 0 Å². The van der Waals surface area contributed by atoms with Gasteiger partial charge in [-0.3, -0.25) is 4.99 Å². The lowest BCUT2D eigenvalue weighted by Crippen LogP contribution is -2.38. The number of aliphatic imine (C=N–C) groups is 1. The summed E-state index contributed by atoms with van der Waals surface area (Å²) in [6.07, 6.45) is 9.23. The van der Waals surface area contributed by atoms with Gasteiger partial charge in [-0.05, 0) is 43.5 Å². The van der Waals surface area contributed by atoms with Crippen molar-refractivity contribution in [3.8, 4) is 0 Å². The maximum absolute atomic E-state index is 4.52. The zero-order valence-electron chi connectivity index (χ0n) is 16.4. The summed E-state index contributed by atoms with van der Waals surface area (Å²) in [6, 6.07) is 16.8. The van der Waals surface area contributed by atoms with Crippen LogP contribution in [0.15, 0.2) is 70.8 Å². The maximum atomic E-state index is 4.52. The van der Waals surface area contributed by atoms with Crippen LogP contribution in [0.4, 0.5) is 0 Å². The molecule has 5 heteroatoms. The summed E-state index contributed by atoms with van der Waals surface area (Å²) < 4.78 is 0. The normalized spacial score (nSPS) is 13.6. The molecule has 0 unspecified atom stereocenters. The summed E-state index contributed by atoms with van der Waals surface area (Å²) in [5.41, 5.74) is 8.65. The Balaban J connectivity index is 0.00000280. The van der Waals surface area contributed by atoms with Gasteiger partial charge in [0.1, 0.15) is 0 Å². The van der Waals surface area contributed by atoms with E-state index >= 15 is 0 Å². The molecule has 3 rings (SSSR count). The molecule has 0 atom stereocenters. The molecule has 0 radical (unpaired) electrons. The molecule has 2 aromatic carbocycles. The van der Waals surface area contributed by atoms with Gasteiger partial charge < -0.3 is 5.32 Å². The van der Waals surface area contributed by atoms with E-state index in [9.17, 15) is 0 Å². The molecule has 2 N–H and O–H groups in total. The number of nitrogens with one attached hydrogen (secondary N) is 2. The Kier molecular flexibility index (Phi) is 8.50. The fraction of sp³-hybridized carbons (Fsp3) is 0.217. The quantitative estimate of drug-likeness (QED) is 0.568. The van der Waals surface area contributed by atoms with Gasteiger partial charge in [0.05, 0.1) is 5.71 Å². The molecule has 0 aromatic heterocycles. The lowest BCUT2D eigenvalue weighted by atomic mass is 10.1. The summed E-state index contributed by atoms with van der Waals surface area (Å²) in [6.45, 7) is 5.95. The van der Waals surface area contributed by atoms with Crippen LogP contribution in [0.25, 0.3) is 12.2 Å². The van der Waals surface area contributed by atoms with Gasteiger partial charge in [-0.1, -0.05) is 71.8 Å². The number of hydrogen-bond acceptors (Lipinski definition) is 4. The van der Waals surface area contributed by atoms with Gasteiger partial charge in [0.25, 0.3) is 0 Å². The summed E-state index contributed by atoms with van der Waals surface area (Å²) in [5.74, 6) is 0.728. The minimum Gasteiger partial charge on any atom is -0.355 e. The average Bonchev–Trinajstić information content (AvgIpc) is 2.68. The van der Waals surface area contributed by atoms with Gasteiger partial charge in [-0.25, -0.2) is 5.43 Å². The summed E-state index contributed by atoms with van der Waals surface area (Å²) in [7, 11) is 0. The predicted octanol–water partition coefficient (Wildman–Crippen LogP) is 4.75. The van der Waals surface area contributed by atoms with Crippen LogP contribution in [-0.2, 0) is 0 Å². The number of aryl methyl sites for hydroxylation is 2. The third kappa shape index (κ3) is 7.05. The third-order valence-corrected chi connectivity index (χ3v) is 4.17. The van der Waals surface area contributed by atoms with Crippen molar-refractivity contribution in [2.45, 2.75) is 20.3 Å². The summed E-state index contributed by atoms with van der Waals surface area (Å²) in [5, 5.41) is 7.74. The SMILES string of the molecule is Cc1cccc(/C=C/C(/C=C/c2cccc(C)c2)=NNC2=NCCCN2)c1.Cl. The van der Waals surface area contributed by atoms with Crippen LogP contribution in [0, 0.1) is 13.8 Å². The number of allylic oxidation sites excluding steroid dienone is 2. The van der Waals surface area contributed by atoms with Crippen molar-refractivity contribution in [3.63, 3.8) is 0 Å². The minimum absolute atomic E-state index is 0. The largest absolute Gasteiger partial charge is 0.355 e. The van der Waals surface area contributed by atoms with E-state index in [-0.39, 0.29) is 12.4 Å². The molecule has 1 aliphatic rings. The minimum atomic E-state index is 0.